The molecule has 1 aliphatic carbocycles. The number of carbonyl (C=O) groups is 2. The summed E-state index contributed by atoms with van der Waals surface area (Å²) in [6.07, 6.45) is 5.01. The molecule has 2 aromatic rings. The molecule has 1 fully saturated rings. The maximum atomic E-state index is 13.7. The Bertz CT molecular complexity index is 1200. The Labute approximate surface area is 218 Å². The van der Waals surface area contributed by atoms with Crippen molar-refractivity contribution in [3.05, 3.63) is 58.6 Å². The van der Waals surface area contributed by atoms with Crippen molar-refractivity contribution in [2.45, 2.75) is 58.2 Å². The van der Waals surface area contributed by atoms with Crippen LogP contribution in [0.15, 0.2) is 42.5 Å². The topological polar surface area (TPSA) is 96.0 Å². The summed E-state index contributed by atoms with van der Waals surface area (Å²) in [6, 6.07) is 11.4. The van der Waals surface area contributed by atoms with Crippen molar-refractivity contribution in [3.8, 4) is 5.75 Å². The SMILES string of the molecule is COc1ccc(N(CC(=O)N(Cc2ccccc2C)[C@@H](C)C(=O)NC2CCCC2)S(C)(=O)=O)cc1Cl. The third kappa shape index (κ3) is 6.91. The fourth-order valence-corrected chi connectivity index (χ4v) is 5.46. The van der Waals surface area contributed by atoms with Crippen molar-refractivity contribution in [1.29, 1.82) is 0 Å². The van der Waals surface area contributed by atoms with E-state index in [-0.39, 0.29) is 29.2 Å². The summed E-state index contributed by atoms with van der Waals surface area (Å²) in [5.74, 6) is -0.356. The van der Waals surface area contributed by atoms with Crippen LogP contribution in [0.3, 0.4) is 0 Å². The molecule has 0 spiro atoms. The summed E-state index contributed by atoms with van der Waals surface area (Å²) in [7, 11) is -2.38. The zero-order valence-electron chi connectivity index (χ0n) is 21.2. The zero-order valence-corrected chi connectivity index (χ0v) is 22.7. The Balaban J connectivity index is 1.91. The number of sulfonamides is 1. The first-order valence-corrected chi connectivity index (χ1v) is 14.2. The molecule has 0 heterocycles. The van der Waals surface area contributed by atoms with Crippen molar-refractivity contribution in [2.75, 3.05) is 24.2 Å². The highest BCUT2D eigenvalue weighted by molar-refractivity contribution is 7.92. The molecule has 0 aliphatic heterocycles. The number of hydrogen-bond acceptors (Lipinski definition) is 5. The number of anilines is 1. The number of aryl methyl sites for hydroxylation is 1. The molecule has 0 aromatic heterocycles. The van der Waals surface area contributed by atoms with E-state index in [2.05, 4.69) is 5.32 Å². The minimum absolute atomic E-state index is 0.101. The van der Waals surface area contributed by atoms with Crippen LogP contribution < -0.4 is 14.4 Å². The molecule has 0 bridgehead atoms. The Morgan fingerprint density at radius 3 is 2.42 bits per heavy atom. The second kappa shape index (κ2) is 12.0. The molecule has 36 heavy (non-hydrogen) atoms. The van der Waals surface area contributed by atoms with Crippen LogP contribution in [0.4, 0.5) is 5.69 Å². The largest absolute Gasteiger partial charge is 0.495 e. The van der Waals surface area contributed by atoms with Crippen molar-refractivity contribution in [1.82, 2.24) is 10.2 Å². The van der Waals surface area contributed by atoms with Crippen LogP contribution in [-0.4, -0.2) is 57.1 Å². The number of hydrogen-bond donors (Lipinski definition) is 1. The first kappa shape index (κ1) is 27.8. The van der Waals surface area contributed by atoms with Crippen LogP contribution in [0.2, 0.25) is 5.02 Å². The zero-order chi connectivity index (χ0) is 26.5. The number of benzene rings is 2. The lowest BCUT2D eigenvalue weighted by Crippen LogP contribution is -2.52. The highest BCUT2D eigenvalue weighted by Gasteiger charge is 2.31. The molecule has 1 saturated carbocycles. The number of carbonyl (C=O) groups excluding carboxylic acids is 2. The number of methoxy groups -OCH3 is 1. The standard InChI is InChI=1S/C26H34ClN3O5S/c1-18-9-5-6-10-20(18)16-29(19(2)26(32)28-21-11-7-8-12-21)25(31)17-30(36(4,33)34)22-13-14-24(35-3)23(27)15-22/h5-6,9-10,13-15,19,21H,7-8,11-12,16-17H2,1-4H3,(H,28,32)/t19-/m0/s1. The average Bonchev–Trinajstić information content (AvgIpc) is 3.33. The van der Waals surface area contributed by atoms with Gasteiger partial charge in [-0.3, -0.25) is 13.9 Å². The van der Waals surface area contributed by atoms with Gasteiger partial charge in [0.1, 0.15) is 18.3 Å². The van der Waals surface area contributed by atoms with Gasteiger partial charge in [-0.15, -0.1) is 0 Å². The van der Waals surface area contributed by atoms with E-state index < -0.39 is 28.5 Å². The molecule has 8 nitrogen and oxygen atoms in total. The van der Waals surface area contributed by atoms with E-state index in [1.807, 2.05) is 31.2 Å². The third-order valence-electron chi connectivity index (χ3n) is 6.57. The fourth-order valence-electron chi connectivity index (χ4n) is 4.37. The van der Waals surface area contributed by atoms with Crippen LogP contribution in [0.5, 0.6) is 5.75 Å². The quantitative estimate of drug-likeness (QED) is 0.498. The van der Waals surface area contributed by atoms with Gasteiger partial charge in [-0.05, 0) is 56.0 Å². The van der Waals surface area contributed by atoms with Gasteiger partial charge in [0.15, 0.2) is 0 Å². The molecule has 2 aromatic carbocycles. The Hall–Kier alpha value is -2.78. The number of ether oxygens (including phenoxy) is 1. The van der Waals surface area contributed by atoms with Crippen molar-refractivity contribution < 1.29 is 22.7 Å². The molecule has 1 N–H and O–H groups in total. The maximum absolute atomic E-state index is 13.7. The van der Waals surface area contributed by atoms with Crippen LogP contribution in [-0.2, 0) is 26.2 Å². The predicted molar refractivity (Wildman–Crippen MR) is 142 cm³/mol. The van der Waals surface area contributed by atoms with Gasteiger partial charge in [-0.25, -0.2) is 8.42 Å². The van der Waals surface area contributed by atoms with E-state index in [0.717, 1.165) is 47.4 Å². The summed E-state index contributed by atoms with van der Waals surface area (Å²) in [6.45, 7) is 3.30. The number of halogens is 1. The van der Waals surface area contributed by atoms with E-state index in [1.54, 1.807) is 13.0 Å². The van der Waals surface area contributed by atoms with Gasteiger partial charge < -0.3 is 15.0 Å². The van der Waals surface area contributed by atoms with Gasteiger partial charge in [0.25, 0.3) is 0 Å². The van der Waals surface area contributed by atoms with E-state index in [4.69, 9.17) is 16.3 Å². The monoisotopic (exact) mass is 535 g/mol. The first-order valence-electron chi connectivity index (χ1n) is 12.0. The highest BCUT2D eigenvalue weighted by atomic mass is 35.5. The Kier molecular flexibility index (Phi) is 9.24. The summed E-state index contributed by atoms with van der Waals surface area (Å²) in [4.78, 5) is 28.2. The lowest BCUT2D eigenvalue weighted by Gasteiger charge is -2.32. The normalized spacial score (nSPS) is 14.8. The van der Waals surface area contributed by atoms with E-state index in [1.165, 1.54) is 24.1 Å². The number of rotatable bonds is 10. The summed E-state index contributed by atoms with van der Waals surface area (Å²) < 4.78 is 31.6. The molecule has 1 atom stereocenters. The van der Waals surface area contributed by atoms with Crippen molar-refractivity contribution in [2.24, 2.45) is 0 Å². The minimum Gasteiger partial charge on any atom is -0.495 e. The minimum atomic E-state index is -3.84. The van der Waals surface area contributed by atoms with Crippen LogP contribution in [0.25, 0.3) is 0 Å². The molecule has 196 valence electrons. The molecule has 2 amide bonds. The maximum Gasteiger partial charge on any atom is 0.244 e. The molecule has 1 aliphatic rings. The van der Waals surface area contributed by atoms with Crippen LogP contribution in [0, 0.1) is 6.92 Å². The number of nitrogens with one attached hydrogen (secondary N) is 1. The van der Waals surface area contributed by atoms with Gasteiger partial charge in [0.05, 0.1) is 24.1 Å². The first-order chi connectivity index (χ1) is 17.0. The second-order valence-corrected chi connectivity index (χ2v) is 11.5. The fraction of sp³-hybridized carbons (Fsp3) is 0.462. The van der Waals surface area contributed by atoms with E-state index in [9.17, 15) is 18.0 Å². The summed E-state index contributed by atoms with van der Waals surface area (Å²) >= 11 is 6.23. The molecular weight excluding hydrogens is 502 g/mol. The summed E-state index contributed by atoms with van der Waals surface area (Å²) in [5.41, 5.74) is 2.08. The predicted octanol–water partition coefficient (Wildman–Crippen LogP) is 3.90. The summed E-state index contributed by atoms with van der Waals surface area (Å²) in [5, 5.41) is 3.27. The molecule has 0 saturated heterocycles. The number of nitrogens with zero attached hydrogens (tertiary/aromatic N) is 2. The lowest BCUT2D eigenvalue weighted by molar-refractivity contribution is -0.139. The van der Waals surface area contributed by atoms with Crippen LogP contribution >= 0.6 is 11.6 Å². The molecule has 3 rings (SSSR count). The molecular formula is C26H34ClN3O5S. The highest BCUT2D eigenvalue weighted by Crippen LogP contribution is 2.30. The Morgan fingerprint density at radius 1 is 1.17 bits per heavy atom. The van der Waals surface area contributed by atoms with Crippen molar-refractivity contribution in [3.63, 3.8) is 0 Å². The molecule has 10 heteroatoms. The molecule has 0 unspecified atom stereocenters. The molecule has 0 radical (unpaired) electrons. The van der Waals surface area contributed by atoms with Gasteiger partial charge >= 0.3 is 0 Å². The van der Waals surface area contributed by atoms with Gasteiger partial charge in [0.2, 0.25) is 21.8 Å². The van der Waals surface area contributed by atoms with Crippen LogP contribution in [0.1, 0.15) is 43.7 Å². The second-order valence-electron chi connectivity index (χ2n) is 9.20. The Morgan fingerprint density at radius 2 is 1.83 bits per heavy atom. The van der Waals surface area contributed by atoms with Gasteiger partial charge in [-0.2, -0.15) is 0 Å². The third-order valence-corrected chi connectivity index (χ3v) is 8.01. The van der Waals surface area contributed by atoms with Gasteiger partial charge in [-0.1, -0.05) is 48.7 Å². The smallest absolute Gasteiger partial charge is 0.244 e. The van der Waals surface area contributed by atoms with Crippen molar-refractivity contribution >= 4 is 39.1 Å². The van der Waals surface area contributed by atoms with Gasteiger partial charge in [0, 0.05) is 12.6 Å². The number of amides is 2. The van der Waals surface area contributed by atoms with E-state index in [0.29, 0.717) is 5.75 Å². The average molecular weight is 536 g/mol. The lowest BCUT2D eigenvalue weighted by atomic mass is 10.1. The van der Waals surface area contributed by atoms with E-state index >= 15 is 0 Å².